The van der Waals surface area contributed by atoms with Crippen LogP contribution in [0.25, 0.3) is 0 Å². The molecule has 2 heterocycles. The van der Waals surface area contributed by atoms with Crippen molar-refractivity contribution in [1.82, 2.24) is 4.98 Å². The number of Topliss-reactive ketones (excluding diaryl/α,β-unsaturated/α-hetero) is 1. The Balaban J connectivity index is 1.65. The van der Waals surface area contributed by atoms with E-state index in [9.17, 15) is 14.4 Å². The van der Waals surface area contributed by atoms with Gasteiger partial charge in [-0.25, -0.2) is 4.98 Å². The number of thiazole rings is 1. The second-order valence-electron chi connectivity index (χ2n) is 6.30. The number of amides is 1. The van der Waals surface area contributed by atoms with Gasteiger partial charge in [0.25, 0.3) is 0 Å². The summed E-state index contributed by atoms with van der Waals surface area (Å²) in [5.74, 6) is -0.737. The maximum atomic E-state index is 12.6. The lowest BCUT2D eigenvalue weighted by atomic mass is 10.0. The molecule has 2 aromatic rings. The lowest BCUT2D eigenvalue weighted by molar-refractivity contribution is -0.145. The van der Waals surface area contributed by atoms with E-state index in [0.717, 1.165) is 16.3 Å². The molecule has 3 rings (SSSR count). The van der Waals surface area contributed by atoms with Crippen molar-refractivity contribution in [2.45, 2.75) is 39.7 Å². The Kier molecular flexibility index (Phi) is 5.18. The van der Waals surface area contributed by atoms with E-state index in [2.05, 4.69) is 4.98 Å². The highest BCUT2D eigenvalue weighted by atomic mass is 32.1. The van der Waals surface area contributed by atoms with Gasteiger partial charge >= 0.3 is 5.97 Å². The number of esters is 1. The van der Waals surface area contributed by atoms with Gasteiger partial charge in [-0.3, -0.25) is 14.4 Å². The standard InChI is InChI=1S/C19H20N2O4S/c1-11(25-18(23)9-16-10-26-12(2)20-16)19(24)15-4-5-17-14(8-15)6-7-21(17)13(3)22/h4-5,8,10-11H,6-7,9H2,1-3H3/t11-/m0/s1. The number of ketones is 1. The van der Waals surface area contributed by atoms with E-state index in [1.54, 1.807) is 30.0 Å². The minimum atomic E-state index is -0.870. The molecule has 0 unspecified atom stereocenters. The van der Waals surface area contributed by atoms with Crippen molar-refractivity contribution in [1.29, 1.82) is 0 Å². The minimum Gasteiger partial charge on any atom is -0.454 e. The quantitative estimate of drug-likeness (QED) is 0.596. The first-order valence-corrected chi connectivity index (χ1v) is 9.29. The highest BCUT2D eigenvalue weighted by Crippen LogP contribution is 2.29. The molecule has 0 saturated carbocycles. The van der Waals surface area contributed by atoms with Crippen molar-refractivity contribution in [2.24, 2.45) is 0 Å². The molecule has 0 radical (unpaired) electrons. The van der Waals surface area contributed by atoms with Crippen LogP contribution in [0.1, 0.15) is 40.5 Å². The Bertz CT molecular complexity index is 874. The van der Waals surface area contributed by atoms with Gasteiger partial charge in [0.1, 0.15) is 0 Å². The van der Waals surface area contributed by atoms with Crippen molar-refractivity contribution in [3.8, 4) is 0 Å². The van der Waals surface area contributed by atoms with Crippen LogP contribution in [-0.2, 0) is 27.2 Å². The van der Waals surface area contributed by atoms with Crippen molar-refractivity contribution in [2.75, 3.05) is 11.4 Å². The molecule has 1 aromatic carbocycles. The first-order chi connectivity index (χ1) is 12.3. The zero-order chi connectivity index (χ0) is 18.8. The van der Waals surface area contributed by atoms with E-state index >= 15 is 0 Å². The van der Waals surface area contributed by atoms with Crippen LogP contribution in [0.15, 0.2) is 23.6 Å². The Hall–Kier alpha value is -2.54. The van der Waals surface area contributed by atoms with Crippen molar-refractivity contribution >= 4 is 34.7 Å². The average molecular weight is 372 g/mol. The average Bonchev–Trinajstić information content (AvgIpc) is 3.19. The number of hydrogen-bond donors (Lipinski definition) is 0. The second-order valence-corrected chi connectivity index (χ2v) is 7.36. The monoisotopic (exact) mass is 372 g/mol. The molecule has 7 heteroatoms. The van der Waals surface area contributed by atoms with E-state index in [1.165, 1.54) is 18.3 Å². The molecule has 0 N–H and O–H groups in total. The summed E-state index contributed by atoms with van der Waals surface area (Å²) < 4.78 is 5.27. The molecule has 136 valence electrons. The topological polar surface area (TPSA) is 76.6 Å². The summed E-state index contributed by atoms with van der Waals surface area (Å²) in [6, 6.07) is 5.24. The fourth-order valence-corrected chi connectivity index (χ4v) is 3.66. The molecule has 1 aliphatic rings. The Morgan fingerprint density at radius 2 is 2.12 bits per heavy atom. The van der Waals surface area contributed by atoms with Crippen LogP contribution in [0.2, 0.25) is 0 Å². The first kappa shape index (κ1) is 18.3. The van der Waals surface area contributed by atoms with Crippen LogP contribution in [0.4, 0.5) is 5.69 Å². The maximum absolute atomic E-state index is 12.6. The lowest BCUT2D eigenvalue weighted by Gasteiger charge is -2.16. The number of nitrogens with zero attached hydrogens (tertiary/aromatic N) is 2. The van der Waals surface area contributed by atoms with Gasteiger partial charge in [0.15, 0.2) is 6.10 Å². The SMILES string of the molecule is CC(=O)N1CCc2cc(C(=O)[C@H](C)OC(=O)Cc3csc(C)n3)ccc21. The van der Waals surface area contributed by atoms with E-state index in [1.807, 2.05) is 12.3 Å². The molecule has 26 heavy (non-hydrogen) atoms. The van der Waals surface area contributed by atoms with Crippen LogP contribution in [-0.4, -0.2) is 35.3 Å². The van der Waals surface area contributed by atoms with Gasteiger partial charge in [0.05, 0.1) is 17.1 Å². The molecule has 0 fully saturated rings. The largest absolute Gasteiger partial charge is 0.454 e. The summed E-state index contributed by atoms with van der Waals surface area (Å²) in [4.78, 5) is 42.1. The molecule has 1 aliphatic heterocycles. The molecule has 1 atom stereocenters. The van der Waals surface area contributed by atoms with E-state index in [4.69, 9.17) is 4.74 Å². The smallest absolute Gasteiger partial charge is 0.312 e. The third-order valence-electron chi connectivity index (χ3n) is 4.31. The molecule has 6 nitrogen and oxygen atoms in total. The van der Waals surface area contributed by atoms with Crippen molar-refractivity contribution in [3.63, 3.8) is 0 Å². The fourth-order valence-electron chi connectivity index (χ4n) is 3.05. The Morgan fingerprint density at radius 1 is 1.35 bits per heavy atom. The van der Waals surface area contributed by atoms with E-state index < -0.39 is 12.1 Å². The zero-order valence-corrected chi connectivity index (χ0v) is 15.8. The van der Waals surface area contributed by atoms with Crippen molar-refractivity contribution in [3.05, 3.63) is 45.4 Å². The highest BCUT2D eigenvalue weighted by Gasteiger charge is 2.25. The third kappa shape index (κ3) is 3.83. The number of carbonyl (C=O) groups is 3. The number of fused-ring (bicyclic) bond motifs is 1. The number of anilines is 1. The number of ether oxygens (including phenoxy) is 1. The van der Waals surface area contributed by atoms with Gasteiger partial charge < -0.3 is 9.64 Å². The second kappa shape index (κ2) is 7.37. The third-order valence-corrected chi connectivity index (χ3v) is 5.13. The van der Waals surface area contributed by atoms with Crippen molar-refractivity contribution < 1.29 is 19.1 Å². The van der Waals surface area contributed by atoms with Gasteiger partial charge in [-0.15, -0.1) is 11.3 Å². The van der Waals surface area contributed by atoms with E-state index in [0.29, 0.717) is 24.2 Å². The van der Waals surface area contributed by atoms with Gasteiger partial charge in [-0.05, 0) is 44.0 Å². The predicted octanol–water partition coefficient (Wildman–Crippen LogP) is 2.72. The van der Waals surface area contributed by atoms with Crippen LogP contribution >= 0.6 is 11.3 Å². The number of benzene rings is 1. The molecule has 0 spiro atoms. The summed E-state index contributed by atoms with van der Waals surface area (Å²) >= 11 is 1.47. The molecular weight excluding hydrogens is 352 g/mol. The van der Waals surface area contributed by atoms with E-state index in [-0.39, 0.29) is 18.1 Å². The van der Waals surface area contributed by atoms with Crippen LogP contribution in [0.3, 0.4) is 0 Å². The Labute approximate surface area is 155 Å². The fraction of sp³-hybridized carbons (Fsp3) is 0.368. The molecule has 1 aromatic heterocycles. The van der Waals surface area contributed by atoms with Gasteiger partial charge in [0, 0.05) is 30.1 Å². The highest BCUT2D eigenvalue weighted by molar-refractivity contribution is 7.09. The summed E-state index contributed by atoms with van der Waals surface area (Å²) in [5, 5.41) is 2.69. The molecule has 1 amide bonds. The summed E-state index contributed by atoms with van der Waals surface area (Å²) in [5.41, 5.74) is 2.94. The predicted molar refractivity (Wildman–Crippen MR) is 98.6 cm³/mol. The number of hydrogen-bond acceptors (Lipinski definition) is 6. The maximum Gasteiger partial charge on any atom is 0.312 e. The van der Waals surface area contributed by atoms with Gasteiger partial charge in [0.2, 0.25) is 11.7 Å². The molecule has 0 bridgehead atoms. The summed E-state index contributed by atoms with van der Waals surface area (Å²) in [7, 11) is 0. The molecular formula is C19H20N2O4S. The minimum absolute atomic E-state index is 0.0117. The normalized spacial score (nSPS) is 14.0. The first-order valence-electron chi connectivity index (χ1n) is 8.41. The van der Waals surface area contributed by atoms with Crippen LogP contribution in [0, 0.1) is 6.92 Å². The number of carbonyl (C=O) groups excluding carboxylic acids is 3. The van der Waals surface area contributed by atoms with Gasteiger partial charge in [-0.1, -0.05) is 0 Å². The molecule has 0 saturated heterocycles. The van der Waals surface area contributed by atoms with Crippen LogP contribution in [0.5, 0.6) is 0 Å². The number of rotatable bonds is 5. The van der Waals surface area contributed by atoms with Crippen LogP contribution < -0.4 is 4.90 Å². The summed E-state index contributed by atoms with van der Waals surface area (Å²) in [6.07, 6.45) is -0.0989. The number of aryl methyl sites for hydroxylation is 1. The summed E-state index contributed by atoms with van der Waals surface area (Å²) in [6.45, 7) is 5.59. The zero-order valence-electron chi connectivity index (χ0n) is 14.9. The lowest BCUT2D eigenvalue weighted by Crippen LogP contribution is -2.26. The van der Waals surface area contributed by atoms with Gasteiger partial charge in [-0.2, -0.15) is 0 Å². The number of aromatic nitrogens is 1. The Morgan fingerprint density at radius 3 is 2.77 bits per heavy atom. The molecule has 0 aliphatic carbocycles.